The maximum absolute atomic E-state index is 13.1. The van der Waals surface area contributed by atoms with Crippen molar-refractivity contribution in [2.45, 2.75) is 57.0 Å². The second kappa shape index (κ2) is 8.85. The van der Waals surface area contributed by atoms with Gasteiger partial charge in [0.25, 0.3) is 5.91 Å². The Bertz CT molecular complexity index is 712. The van der Waals surface area contributed by atoms with Crippen LogP contribution in [0.5, 0.6) is 0 Å². The maximum atomic E-state index is 13.1. The number of rotatable bonds is 7. The predicted molar refractivity (Wildman–Crippen MR) is 105 cm³/mol. The molecule has 1 radical (unpaired) electrons. The molecule has 2 aliphatic rings. The van der Waals surface area contributed by atoms with Gasteiger partial charge in [-0.2, -0.15) is 5.26 Å². The molecular formula is C20H27N4O2S. The van der Waals surface area contributed by atoms with E-state index < -0.39 is 11.4 Å². The van der Waals surface area contributed by atoms with E-state index in [-0.39, 0.29) is 5.91 Å². The third-order valence-corrected chi connectivity index (χ3v) is 6.78. The molecule has 1 aromatic heterocycles. The normalized spacial score (nSPS) is 23.1. The number of primary amides is 1. The van der Waals surface area contributed by atoms with Crippen molar-refractivity contribution in [2.24, 2.45) is 11.7 Å². The van der Waals surface area contributed by atoms with E-state index in [1.54, 1.807) is 17.4 Å². The van der Waals surface area contributed by atoms with E-state index in [1.165, 1.54) is 43.4 Å². The van der Waals surface area contributed by atoms with Crippen LogP contribution in [0.4, 0.5) is 0 Å². The van der Waals surface area contributed by atoms with Crippen LogP contribution in [0.3, 0.4) is 0 Å². The Morgan fingerprint density at radius 3 is 2.74 bits per heavy atom. The van der Waals surface area contributed by atoms with E-state index in [9.17, 15) is 14.9 Å². The summed E-state index contributed by atoms with van der Waals surface area (Å²) in [6, 6.07) is 5.88. The highest BCUT2D eigenvalue weighted by molar-refractivity contribution is 7.14. The fourth-order valence-electron chi connectivity index (χ4n) is 4.06. The molecule has 7 heteroatoms. The van der Waals surface area contributed by atoms with E-state index in [2.05, 4.69) is 11.4 Å². The number of carbonyl (C=O) groups is 2. The zero-order valence-electron chi connectivity index (χ0n) is 15.6. The van der Waals surface area contributed by atoms with Gasteiger partial charge in [-0.1, -0.05) is 32.1 Å². The quantitative estimate of drug-likeness (QED) is 0.751. The molecule has 1 aliphatic heterocycles. The molecule has 2 amide bonds. The van der Waals surface area contributed by atoms with Crippen molar-refractivity contribution in [3.63, 3.8) is 0 Å². The average molecular weight is 388 g/mol. The molecule has 1 saturated carbocycles. The van der Waals surface area contributed by atoms with E-state index in [0.717, 1.165) is 17.8 Å². The van der Waals surface area contributed by atoms with Crippen LogP contribution in [0, 0.1) is 23.7 Å². The van der Waals surface area contributed by atoms with E-state index in [0.29, 0.717) is 30.3 Å². The molecule has 6 nitrogen and oxygen atoms in total. The van der Waals surface area contributed by atoms with Crippen LogP contribution in [0.25, 0.3) is 0 Å². The fourth-order valence-corrected chi connectivity index (χ4v) is 4.91. The summed E-state index contributed by atoms with van der Waals surface area (Å²) in [5.41, 5.74) is 4.51. The monoisotopic (exact) mass is 387 g/mol. The fraction of sp³-hybridized carbons (Fsp3) is 0.600. The summed E-state index contributed by atoms with van der Waals surface area (Å²) in [5, 5.41) is 13.1. The van der Waals surface area contributed by atoms with Gasteiger partial charge in [0.1, 0.15) is 5.54 Å². The van der Waals surface area contributed by atoms with Gasteiger partial charge in [0.05, 0.1) is 23.9 Å². The zero-order valence-corrected chi connectivity index (χ0v) is 16.4. The topological polar surface area (TPSA) is 99.2 Å². The molecule has 2 heterocycles. The summed E-state index contributed by atoms with van der Waals surface area (Å²) < 4.78 is 0. The second-order valence-electron chi connectivity index (χ2n) is 7.57. The molecule has 27 heavy (non-hydrogen) atoms. The Balaban J connectivity index is 1.73. The highest BCUT2D eigenvalue weighted by Crippen LogP contribution is 2.31. The molecule has 3 rings (SSSR count). The first-order valence-electron chi connectivity index (χ1n) is 9.69. The van der Waals surface area contributed by atoms with Crippen molar-refractivity contribution < 1.29 is 9.59 Å². The Morgan fingerprint density at radius 1 is 1.37 bits per heavy atom. The van der Waals surface area contributed by atoms with Crippen LogP contribution in [0.15, 0.2) is 12.1 Å². The van der Waals surface area contributed by atoms with Gasteiger partial charge in [-0.05, 0) is 37.4 Å². The Kier molecular flexibility index (Phi) is 6.51. The smallest absolute Gasteiger partial charge is 0.258 e. The Hall–Kier alpha value is -1.91. The van der Waals surface area contributed by atoms with Crippen LogP contribution in [-0.2, 0) is 11.3 Å². The van der Waals surface area contributed by atoms with Crippen LogP contribution < -0.4 is 11.1 Å². The summed E-state index contributed by atoms with van der Waals surface area (Å²) in [4.78, 5) is 27.5. The van der Waals surface area contributed by atoms with Crippen LogP contribution in [-0.4, -0.2) is 35.3 Å². The van der Waals surface area contributed by atoms with Gasteiger partial charge < -0.3 is 16.0 Å². The molecule has 0 spiro atoms. The van der Waals surface area contributed by atoms with E-state index >= 15 is 0 Å². The van der Waals surface area contributed by atoms with Gasteiger partial charge in [-0.15, -0.1) is 11.3 Å². The molecule has 1 unspecified atom stereocenters. The minimum atomic E-state index is -0.836. The van der Waals surface area contributed by atoms with Crippen molar-refractivity contribution in [3.8, 4) is 6.07 Å². The summed E-state index contributed by atoms with van der Waals surface area (Å²) in [6.07, 6.45) is 9.31. The molecule has 2 fully saturated rings. The van der Waals surface area contributed by atoms with Crippen molar-refractivity contribution in [2.75, 3.05) is 13.1 Å². The first-order chi connectivity index (χ1) is 13.0. The number of thiophene rings is 1. The van der Waals surface area contributed by atoms with E-state index in [4.69, 9.17) is 5.73 Å². The maximum Gasteiger partial charge on any atom is 0.258 e. The van der Waals surface area contributed by atoms with Gasteiger partial charge in [-0.3, -0.25) is 9.59 Å². The number of nitriles is 1. The molecule has 1 atom stereocenters. The number of carbonyl (C=O) groups excluding carboxylic acids is 2. The van der Waals surface area contributed by atoms with Crippen molar-refractivity contribution >= 4 is 23.2 Å². The van der Waals surface area contributed by atoms with E-state index in [1.807, 2.05) is 6.07 Å². The van der Waals surface area contributed by atoms with Crippen molar-refractivity contribution in [1.82, 2.24) is 10.2 Å². The lowest BCUT2D eigenvalue weighted by Crippen LogP contribution is -2.52. The average Bonchev–Trinajstić information content (AvgIpc) is 3.35. The first kappa shape index (κ1) is 19.8. The molecule has 1 saturated heterocycles. The lowest BCUT2D eigenvalue weighted by Gasteiger charge is -2.35. The van der Waals surface area contributed by atoms with Crippen molar-refractivity contribution in [3.05, 3.63) is 28.3 Å². The summed E-state index contributed by atoms with van der Waals surface area (Å²) >= 11 is 1.29. The third kappa shape index (κ3) is 4.69. The molecule has 1 aromatic rings. The molecule has 0 bridgehead atoms. The molecule has 1 aliphatic carbocycles. The zero-order chi connectivity index (χ0) is 19.3. The van der Waals surface area contributed by atoms with Gasteiger partial charge >= 0.3 is 0 Å². The second-order valence-corrected chi connectivity index (χ2v) is 8.74. The standard InChI is InChI=1S/C20H27N4O2S/c21-13-20(10-11-23-14-20)24(12-16-7-8-17(27-16)19(22)26)18(25)9-6-15-4-2-1-3-5-15/h7-9,15,23H,1-6,10-12,14H2,(H2,22,26). The molecule has 145 valence electrons. The largest absolute Gasteiger partial charge is 0.365 e. The predicted octanol–water partition coefficient (Wildman–Crippen LogP) is 2.61. The van der Waals surface area contributed by atoms with Crippen molar-refractivity contribution in [1.29, 1.82) is 5.26 Å². The SMILES string of the molecule is N#CC1(N(Cc2ccc(C(N)=O)s2)C(=O)[CH]CC2CCCCC2)CCNC1. The van der Waals surface area contributed by atoms with Gasteiger partial charge in [-0.25, -0.2) is 0 Å². The highest BCUT2D eigenvalue weighted by Gasteiger charge is 2.42. The summed E-state index contributed by atoms with van der Waals surface area (Å²) in [7, 11) is 0. The van der Waals surface area contributed by atoms with Gasteiger partial charge in [0.15, 0.2) is 0 Å². The Labute approximate surface area is 164 Å². The number of hydrogen-bond acceptors (Lipinski definition) is 5. The minimum Gasteiger partial charge on any atom is -0.365 e. The highest BCUT2D eigenvalue weighted by atomic mass is 32.1. The van der Waals surface area contributed by atoms with Gasteiger partial charge in [0.2, 0.25) is 5.91 Å². The molecular weight excluding hydrogens is 360 g/mol. The number of amides is 2. The number of nitrogens with zero attached hydrogens (tertiary/aromatic N) is 2. The first-order valence-corrected chi connectivity index (χ1v) is 10.5. The van der Waals surface area contributed by atoms with Gasteiger partial charge in [0, 0.05) is 11.4 Å². The number of hydrogen-bond donors (Lipinski definition) is 2. The lowest BCUT2D eigenvalue weighted by atomic mass is 9.86. The summed E-state index contributed by atoms with van der Waals surface area (Å²) in [6.45, 7) is 1.52. The lowest BCUT2D eigenvalue weighted by molar-refractivity contribution is -0.132. The van der Waals surface area contributed by atoms with Crippen LogP contribution in [0.2, 0.25) is 0 Å². The third-order valence-electron chi connectivity index (χ3n) is 5.69. The minimum absolute atomic E-state index is 0.0835. The molecule has 3 N–H and O–H groups in total. The summed E-state index contributed by atoms with van der Waals surface area (Å²) in [5.74, 6) is 0.0258. The molecule has 0 aromatic carbocycles. The van der Waals surface area contributed by atoms with Crippen LogP contribution >= 0.6 is 11.3 Å². The number of nitrogens with one attached hydrogen (secondary N) is 1. The Morgan fingerprint density at radius 2 is 2.15 bits per heavy atom. The number of nitrogens with two attached hydrogens (primary N) is 1. The van der Waals surface area contributed by atoms with Crippen LogP contribution in [0.1, 0.15) is 59.5 Å².